The molecule has 2 aliphatic rings. The standard InChI is InChI=1S/C30H51NO5/c1-20(18-25(32)23-14-10-8-12-21(23)16-17-26(33)29(2,3)4)27(34)31-19-22-13-9-11-15-24(22)28(35)36-30(5,6)7/h20-24H,8-19H2,1-7H3,(H,31,34)/t20-,21-,22?,23+,24+/m0/s1. The predicted octanol–water partition coefficient (Wildman–Crippen LogP) is 6.05. The summed E-state index contributed by atoms with van der Waals surface area (Å²) in [6.45, 7) is 13.7. The smallest absolute Gasteiger partial charge is 0.309 e. The predicted molar refractivity (Wildman–Crippen MR) is 142 cm³/mol. The van der Waals surface area contributed by atoms with Crippen molar-refractivity contribution in [2.75, 3.05) is 6.54 Å². The Bertz CT molecular complexity index is 775. The number of carbonyl (C=O) groups excluding carboxylic acids is 4. The third-order valence-electron chi connectivity index (χ3n) is 8.01. The second-order valence-electron chi connectivity index (χ2n) is 13.4. The Morgan fingerprint density at radius 3 is 1.97 bits per heavy atom. The number of esters is 1. The van der Waals surface area contributed by atoms with E-state index >= 15 is 0 Å². The Morgan fingerprint density at radius 1 is 0.833 bits per heavy atom. The van der Waals surface area contributed by atoms with Crippen LogP contribution in [0.25, 0.3) is 0 Å². The summed E-state index contributed by atoms with van der Waals surface area (Å²) in [5.74, 6) is -0.196. The van der Waals surface area contributed by atoms with Crippen molar-refractivity contribution in [1.29, 1.82) is 0 Å². The van der Waals surface area contributed by atoms with Crippen LogP contribution in [0.5, 0.6) is 0 Å². The van der Waals surface area contributed by atoms with Gasteiger partial charge < -0.3 is 10.1 Å². The van der Waals surface area contributed by atoms with Gasteiger partial charge in [-0.3, -0.25) is 19.2 Å². The summed E-state index contributed by atoms with van der Waals surface area (Å²) in [6.07, 6.45) is 9.26. The molecule has 1 amide bonds. The minimum Gasteiger partial charge on any atom is -0.460 e. The molecule has 0 saturated heterocycles. The molecular weight excluding hydrogens is 454 g/mol. The van der Waals surface area contributed by atoms with E-state index in [4.69, 9.17) is 4.74 Å². The van der Waals surface area contributed by atoms with Crippen LogP contribution in [0.4, 0.5) is 0 Å². The van der Waals surface area contributed by atoms with Crippen LogP contribution >= 0.6 is 0 Å². The van der Waals surface area contributed by atoms with Gasteiger partial charge in [-0.15, -0.1) is 0 Å². The normalized spacial score (nSPS) is 26.1. The van der Waals surface area contributed by atoms with E-state index in [9.17, 15) is 19.2 Å². The maximum absolute atomic E-state index is 13.2. The van der Waals surface area contributed by atoms with E-state index in [1.165, 1.54) is 0 Å². The Kier molecular flexibility index (Phi) is 11.2. The summed E-state index contributed by atoms with van der Waals surface area (Å²) < 4.78 is 5.63. The molecule has 2 saturated carbocycles. The molecule has 0 aromatic carbocycles. The number of ketones is 2. The molecule has 6 heteroatoms. The Hall–Kier alpha value is -1.72. The first-order valence-corrected chi connectivity index (χ1v) is 14.3. The molecule has 0 aromatic heterocycles. The number of amides is 1. The molecule has 0 bridgehead atoms. The Morgan fingerprint density at radius 2 is 1.39 bits per heavy atom. The van der Waals surface area contributed by atoms with Crippen LogP contribution in [-0.2, 0) is 23.9 Å². The van der Waals surface area contributed by atoms with E-state index in [2.05, 4.69) is 5.32 Å². The summed E-state index contributed by atoms with van der Waals surface area (Å²) in [5.41, 5.74) is -0.865. The molecule has 2 aliphatic carbocycles. The third kappa shape index (κ3) is 9.63. The van der Waals surface area contributed by atoms with E-state index in [1.54, 1.807) is 0 Å². The topological polar surface area (TPSA) is 89.5 Å². The second-order valence-corrected chi connectivity index (χ2v) is 13.4. The molecule has 2 rings (SSSR count). The molecule has 0 spiro atoms. The molecule has 0 radical (unpaired) electrons. The molecular formula is C30H51NO5. The first-order valence-electron chi connectivity index (χ1n) is 14.3. The number of ether oxygens (including phenoxy) is 1. The summed E-state index contributed by atoms with van der Waals surface area (Å²) >= 11 is 0. The zero-order chi connectivity index (χ0) is 27.1. The number of rotatable bonds is 10. The van der Waals surface area contributed by atoms with Gasteiger partial charge in [0.2, 0.25) is 5.91 Å². The highest BCUT2D eigenvalue weighted by Crippen LogP contribution is 2.36. The third-order valence-corrected chi connectivity index (χ3v) is 8.01. The van der Waals surface area contributed by atoms with E-state index in [0.29, 0.717) is 13.0 Å². The highest BCUT2D eigenvalue weighted by molar-refractivity contribution is 5.88. The fourth-order valence-corrected chi connectivity index (χ4v) is 5.76. The minimum atomic E-state index is -0.520. The molecule has 1 N–H and O–H groups in total. The van der Waals surface area contributed by atoms with Crippen LogP contribution in [0.1, 0.15) is 119 Å². The molecule has 2 fully saturated rings. The van der Waals surface area contributed by atoms with Crippen molar-refractivity contribution in [3.05, 3.63) is 0 Å². The zero-order valence-corrected chi connectivity index (χ0v) is 23.9. The van der Waals surface area contributed by atoms with Crippen molar-refractivity contribution < 1.29 is 23.9 Å². The molecule has 0 aromatic rings. The molecule has 0 aliphatic heterocycles. The summed E-state index contributed by atoms with van der Waals surface area (Å²) in [5, 5.41) is 3.03. The van der Waals surface area contributed by atoms with Gasteiger partial charge in [0.15, 0.2) is 0 Å². The van der Waals surface area contributed by atoms with Crippen LogP contribution in [0.3, 0.4) is 0 Å². The monoisotopic (exact) mass is 505 g/mol. The van der Waals surface area contributed by atoms with Crippen molar-refractivity contribution in [2.45, 2.75) is 125 Å². The highest BCUT2D eigenvalue weighted by Gasteiger charge is 2.36. The lowest BCUT2D eigenvalue weighted by molar-refractivity contribution is -0.163. The lowest BCUT2D eigenvalue weighted by Gasteiger charge is -2.33. The number of hydrogen-bond acceptors (Lipinski definition) is 5. The summed E-state index contributed by atoms with van der Waals surface area (Å²) in [6, 6.07) is 0. The molecule has 36 heavy (non-hydrogen) atoms. The average molecular weight is 506 g/mol. The Balaban J connectivity index is 1.88. The van der Waals surface area contributed by atoms with Gasteiger partial charge in [-0.25, -0.2) is 0 Å². The van der Waals surface area contributed by atoms with Crippen LogP contribution in [0.2, 0.25) is 0 Å². The highest BCUT2D eigenvalue weighted by atomic mass is 16.6. The van der Waals surface area contributed by atoms with Gasteiger partial charge in [0.25, 0.3) is 0 Å². The quantitative estimate of drug-likeness (QED) is 0.365. The summed E-state index contributed by atoms with van der Waals surface area (Å²) in [4.78, 5) is 51.2. The minimum absolute atomic E-state index is 0.0448. The van der Waals surface area contributed by atoms with Gasteiger partial charge in [0, 0.05) is 36.6 Å². The van der Waals surface area contributed by atoms with Gasteiger partial charge in [-0.2, -0.15) is 0 Å². The van der Waals surface area contributed by atoms with Gasteiger partial charge in [0.05, 0.1) is 5.92 Å². The lowest BCUT2D eigenvalue weighted by atomic mass is 9.72. The van der Waals surface area contributed by atoms with Crippen molar-refractivity contribution >= 4 is 23.4 Å². The molecule has 0 heterocycles. The fourth-order valence-electron chi connectivity index (χ4n) is 5.76. The first-order chi connectivity index (χ1) is 16.7. The van der Waals surface area contributed by atoms with Crippen molar-refractivity contribution in [1.82, 2.24) is 5.32 Å². The van der Waals surface area contributed by atoms with Gasteiger partial charge in [-0.05, 0) is 64.7 Å². The van der Waals surface area contributed by atoms with Crippen molar-refractivity contribution in [3.63, 3.8) is 0 Å². The molecule has 206 valence electrons. The van der Waals surface area contributed by atoms with E-state index in [0.717, 1.165) is 57.8 Å². The van der Waals surface area contributed by atoms with Crippen molar-refractivity contribution in [2.24, 2.45) is 35.0 Å². The number of hydrogen-bond donors (Lipinski definition) is 1. The SMILES string of the molecule is C[C@@H](CC(=O)[C@@H]1CCCC[C@H]1CCC(=O)C(C)(C)C)C(=O)NCC1CCCC[C@H]1C(=O)OC(C)(C)C. The lowest BCUT2D eigenvalue weighted by Crippen LogP contribution is -2.41. The zero-order valence-electron chi connectivity index (χ0n) is 23.9. The maximum atomic E-state index is 13.2. The molecule has 6 nitrogen and oxygen atoms in total. The van der Waals surface area contributed by atoms with Crippen LogP contribution in [0.15, 0.2) is 0 Å². The van der Waals surface area contributed by atoms with E-state index in [1.807, 2.05) is 48.5 Å². The number of carbonyl (C=O) groups is 4. The number of nitrogens with one attached hydrogen (secondary N) is 1. The van der Waals surface area contributed by atoms with Gasteiger partial charge in [-0.1, -0.05) is 53.4 Å². The summed E-state index contributed by atoms with van der Waals surface area (Å²) in [7, 11) is 0. The van der Waals surface area contributed by atoms with E-state index < -0.39 is 11.5 Å². The van der Waals surface area contributed by atoms with Crippen molar-refractivity contribution in [3.8, 4) is 0 Å². The number of Topliss-reactive ketones (excluding diaryl/α,β-unsaturated/α-hetero) is 2. The molecule has 5 atom stereocenters. The van der Waals surface area contributed by atoms with E-state index in [-0.39, 0.29) is 59.0 Å². The molecule has 1 unspecified atom stereocenters. The van der Waals surface area contributed by atoms with Gasteiger partial charge >= 0.3 is 5.97 Å². The van der Waals surface area contributed by atoms with Crippen LogP contribution in [0, 0.1) is 35.0 Å². The second kappa shape index (κ2) is 13.2. The maximum Gasteiger partial charge on any atom is 0.309 e. The first kappa shape index (κ1) is 30.5. The largest absolute Gasteiger partial charge is 0.460 e. The Labute approximate surface area is 219 Å². The van der Waals surface area contributed by atoms with Crippen LogP contribution < -0.4 is 5.32 Å². The average Bonchev–Trinajstić information content (AvgIpc) is 2.79. The fraction of sp³-hybridized carbons (Fsp3) is 0.867. The van der Waals surface area contributed by atoms with Gasteiger partial charge in [0.1, 0.15) is 17.2 Å². The van der Waals surface area contributed by atoms with Crippen LogP contribution in [-0.4, -0.2) is 35.6 Å².